The Labute approximate surface area is 704 Å². The number of nitrogens with zero attached hydrogens (tertiary/aromatic N) is 11. The van der Waals surface area contributed by atoms with Crippen molar-refractivity contribution in [2.24, 2.45) is 0 Å². The molecule has 23 aromatic rings. The van der Waals surface area contributed by atoms with Crippen LogP contribution in [0.2, 0.25) is 26.3 Å². The lowest BCUT2D eigenvalue weighted by molar-refractivity contribution is 0.667. The third kappa shape index (κ3) is 15.1. The van der Waals surface area contributed by atoms with Crippen LogP contribution < -0.4 is 0 Å². The van der Waals surface area contributed by atoms with Gasteiger partial charge in [0, 0.05) is 65.8 Å². The van der Waals surface area contributed by atoms with Crippen molar-refractivity contribution in [3.8, 4) is 73.0 Å². The van der Waals surface area contributed by atoms with Crippen LogP contribution in [-0.2, 0) is 0 Å². The number of rotatable bonds is 7. The van der Waals surface area contributed by atoms with Crippen molar-refractivity contribution in [3.05, 3.63) is 391 Å². The maximum atomic E-state index is 6.27. The van der Waals surface area contributed by atoms with Crippen molar-refractivity contribution in [3.63, 3.8) is 0 Å². The van der Waals surface area contributed by atoms with E-state index in [0.717, 1.165) is 154 Å². The average Bonchev–Trinajstić information content (AvgIpc) is 1.41. The Bertz CT molecular complexity index is 7720. The van der Waals surface area contributed by atoms with Crippen molar-refractivity contribution < 1.29 is 4.42 Å². The molecular weight excluding hydrogens is 1580 g/mol. The summed E-state index contributed by atoms with van der Waals surface area (Å²) >= 11 is 32.5. The molecule has 0 amide bonds. The lowest BCUT2D eigenvalue weighted by Crippen LogP contribution is -1.93. The molecule has 0 atom stereocenters. The molecule has 8 heterocycles. The van der Waals surface area contributed by atoms with E-state index in [9.17, 15) is 0 Å². The monoisotopic (exact) mass is 1640 g/mol. The van der Waals surface area contributed by atoms with Gasteiger partial charge in [0.1, 0.15) is 27.5 Å². The molecule has 18 heteroatoms. The molecule has 12 nitrogen and oxygen atoms in total. The second kappa shape index (κ2) is 32.9. The smallest absolute Gasteiger partial charge is 0.223 e. The second-order valence-corrected chi connectivity index (χ2v) is 30.5. The zero-order valence-corrected chi connectivity index (χ0v) is 66.9. The first kappa shape index (κ1) is 74.4. The number of aromatic nitrogens is 11. The van der Waals surface area contributed by atoms with Crippen LogP contribution in [0, 0.1) is 0 Å². The normalized spacial score (nSPS) is 11.3. The Morgan fingerprint density at radius 3 is 1.54 bits per heavy atom. The van der Waals surface area contributed by atoms with E-state index in [1.54, 1.807) is 17.5 Å². The number of thiophene rings is 1. The summed E-state index contributed by atoms with van der Waals surface area (Å²) in [5, 5.41) is 14.7. The summed E-state index contributed by atoms with van der Waals surface area (Å²) in [6, 6.07) is 119. The van der Waals surface area contributed by atoms with Gasteiger partial charge in [-0.2, -0.15) is 0 Å². The summed E-state index contributed by atoms with van der Waals surface area (Å²) in [6.07, 6.45) is 3.50. The molecule has 0 aliphatic heterocycles. The van der Waals surface area contributed by atoms with Crippen LogP contribution in [0.1, 0.15) is 0 Å². The molecule has 118 heavy (non-hydrogen) atoms. The highest BCUT2D eigenvalue weighted by Gasteiger charge is 2.21. The van der Waals surface area contributed by atoms with Gasteiger partial charge < -0.3 is 4.42 Å². The zero-order valence-electron chi connectivity index (χ0n) is 62.3. The second-order valence-electron chi connectivity index (χ2n) is 27.7. The predicted octanol–water partition coefficient (Wildman–Crippen LogP) is 28.8. The molecule has 0 fully saturated rings. The minimum absolute atomic E-state index is 0.219. The lowest BCUT2D eigenvalue weighted by atomic mass is 9.98. The first-order valence-electron chi connectivity index (χ1n) is 37.8. The van der Waals surface area contributed by atoms with E-state index < -0.39 is 0 Å². The number of hydrogen-bond acceptors (Lipinski definition) is 12. The van der Waals surface area contributed by atoms with Gasteiger partial charge in [-0.1, -0.05) is 303 Å². The predicted molar refractivity (Wildman–Crippen MR) is 490 cm³/mol. The Morgan fingerprint density at radius 2 is 0.788 bits per heavy atom. The highest BCUT2D eigenvalue weighted by molar-refractivity contribution is 7.26. The van der Waals surface area contributed by atoms with Crippen LogP contribution in [0.5, 0.6) is 0 Å². The van der Waals surface area contributed by atoms with Crippen molar-refractivity contribution in [2.45, 2.75) is 0 Å². The third-order valence-corrected chi connectivity index (χ3v) is 22.5. The quantitative estimate of drug-likeness (QED) is 0.111. The molecule has 23 rings (SSSR count). The number of furan rings is 1. The van der Waals surface area contributed by atoms with E-state index in [2.05, 4.69) is 226 Å². The molecule has 0 radical (unpaired) electrons. The first-order valence-corrected chi connectivity index (χ1v) is 40.5. The maximum Gasteiger partial charge on any atom is 0.223 e. The Hall–Kier alpha value is -13.7. The maximum absolute atomic E-state index is 6.27. The molecule has 0 aliphatic rings. The van der Waals surface area contributed by atoms with Gasteiger partial charge in [-0.05, 0) is 167 Å². The molecule has 8 aromatic heterocycles. The molecule has 0 bridgehead atoms. The summed E-state index contributed by atoms with van der Waals surface area (Å²) in [5.74, 6) is 0. The van der Waals surface area contributed by atoms with Crippen LogP contribution >= 0.6 is 69.3 Å². The molecule has 0 aliphatic carbocycles. The molecule has 0 saturated heterocycles. The van der Waals surface area contributed by atoms with E-state index in [0.29, 0.717) is 10.7 Å². The molecule has 0 N–H and O–H groups in total. The van der Waals surface area contributed by atoms with Crippen LogP contribution in [0.25, 0.3) is 191 Å². The Kier molecular flexibility index (Phi) is 20.7. The van der Waals surface area contributed by atoms with Gasteiger partial charge in [-0.15, -0.1) is 11.3 Å². The van der Waals surface area contributed by atoms with Crippen molar-refractivity contribution in [1.82, 2.24) is 54.4 Å². The number of hydrogen-bond donors (Lipinski definition) is 0. The first-order chi connectivity index (χ1) is 58.0. The molecular formula is C100H60Cl5N11OS. The molecule has 562 valence electrons. The zero-order chi connectivity index (χ0) is 79.6. The van der Waals surface area contributed by atoms with E-state index in [4.69, 9.17) is 62.4 Å². The fraction of sp³-hybridized carbons (Fsp3) is 0. The van der Waals surface area contributed by atoms with Gasteiger partial charge in [0.2, 0.25) is 21.1 Å². The van der Waals surface area contributed by atoms with Crippen LogP contribution in [0.3, 0.4) is 0 Å². The number of fused-ring (bicyclic) bond motifs is 15. The number of para-hydroxylation sites is 2. The third-order valence-electron chi connectivity index (χ3n) is 20.5. The summed E-state index contributed by atoms with van der Waals surface area (Å²) in [5.41, 5.74) is 19.7. The summed E-state index contributed by atoms with van der Waals surface area (Å²) in [4.78, 5) is 44.5. The Balaban J connectivity index is 0.0000000988. The van der Waals surface area contributed by atoms with E-state index >= 15 is 0 Å². The highest BCUT2D eigenvalue weighted by Crippen LogP contribution is 2.42. The van der Waals surface area contributed by atoms with E-state index in [1.807, 2.05) is 187 Å². The lowest BCUT2D eigenvalue weighted by Gasteiger charge is -2.10. The Morgan fingerprint density at radius 1 is 0.288 bits per heavy atom. The minimum atomic E-state index is 0.219. The van der Waals surface area contributed by atoms with Gasteiger partial charge >= 0.3 is 0 Å². The van der Waals surface area contributed by atoms with E-state index in [1.165, 1.54) is 32.2 Å². The topological polar surface area (TPSA) is 147 Å². The fourth-order valence-electron chi connectivity index (χ4n) is 15.0. The summed E-state index contributed by atoms with van der Waals surface area (Å²) in [7, 11) is 0. The summed E-state index contributed by atoms with van der Waals surface area (Å²) in [6.45, 7) is 0. The largest absolute Gasteiger partial charge is 0.452 e. The molecule has 0 spiro atoms. The van der Waals surface area contributed by atoms with Gasteiger partial charge in [0.15, 0.2) is 11.2 Å². The van der Waals surface area contributed by atoms with Gasteiger partial charge in [0.25, 0.3) is 0 Å². The standard InChI is InChI=1S/C24H15ClN2.C22H13ClN2S.C22H13ClN2.C20H11ClN2O.C12H8ClN3/c25-24-26-21-15-14-18-8-4-5-9-20(18)22(21)23(27-24)19-12-10-17(11-13-19)16-6-2-1-3-7-16;23-22-24-19(21-20(25-22)17-11-4-5-12-18(17)26-21)16-10-6-9-15(13-16)14-7-2-1-3-8-14;23-22-24-20(17-10-9-14-5-1-2-7-16(14)13-17)19-12-11-15-6-3-4-8-18(15)21(19)25-22;21-20-22-17(14-10-5-7-12-6-1-2-8-13(12)14)19-18(23-20)15-9-3-4-11-16(15)24-19;13-11-8-14-10-6-7-16(12(10)15-11)9-4-2-1-3-5-9/h1-15H;1-13H;1-13H;1-11H;1-8H. The van der Waals surface area contributed by atoms with Crippen LogP contribution in [0.4, 0.5) is 0 Å². The van der Waals surface area contributed by atoms with E-state index in [-0.39, 0.29) is 21.1 Å². The SMILES string of the molecule is Clc1cnc2ccn(-c3ccccc3)c2n1.Clc1nc(-c2ccc(-c3ccccc3)cc2)c2c(ccc3ccccc32)n1.Clc1nc(-c2ccc3ccccc3c2)c2ccc3ccccc3c2n1.Clc1nc(-c2cccc(-c3ccccc3)c2)c2sc3ccccc3c2n1.Clc1nc(-c2cccc3ccccc23)c2oc3ccccc3c2n1. The van der Waals surface area contributed by atoms with Gasteiger partial charge in [-0.25, -0.2) is 49.8 Å². The summed E-state index contributed by atoms with van der Waals surface area (Å²) < 4.78 is 10.3. The minimum Gasteiger partial charge on any atom is -0.452 e. The highest BCUT2D eigenvalue weighted by atomic mass is 35.5. The molecule has 0 saturated carbocycles. The number of halogens is 5. The van der Waals surface area contributed by atoms with Gasteiger partial charge in [0.05, 0.1) is 44.5 Å². The van der Waals surface area contributed by atoms with Crippen molar-refractivity contribution in [1.29, 1.82) is 0 Å². The molecule has 15 aromatic carbocycles. The average molecular weight is 1640 g/mol. The van der Waals surface area contributed by atoms with Crippen molar-refractivity contribution >= 4 is 188 Å². The van der Waals surface area contributed by atoms with Gasteiger partial charge in [-0.3, -0.25) is 4.57 Å². The van der Waals surface area contributed by atoms with Crippen LogP contribution in [-0.4, -0.2) is 54.4 Å². The fourth-order valence-corrected chi connectivity index (χ4v) is 17.0. The molecule has 0 unspecified atom stereocenters. The van der Waals surface area contributed by atoms with Crippen molar-refractivity contribution in [2.75, 3.05) is 0 Å². The van der Waals surface area contributed by atoms with Crippen LogP contribution in [0.15, 0.2) is 369 Å². The number of benzene rings is 15.